The molecule has 1 aromatic carbocycles. The Balaban J connectivity index is 2.83. The van der Waals surface area contributed by atoms with Crippen LogP contribution in [0.5, 0.6) is 5.75 Å². The summed E-state index contributed by atoms with van der Waals surface area (Å²) in [6.45, 7) is 6.72. The van der Waals surface area contributed by atoms with E-state index in [1.54, 1.807) is 0 Å². The zero-order valence-corrected chi connectivity index (χ0v) is 9.14. The summed E-state index contributed by atoms with van der Waals surface area (Å²) in [4.78, 5) is 0. The molecule has 0 N–H and O–H groups in total. The Hall–Kier alpha value is -1.45. The van der Waals surface area contributed by atoms with Crippen molar-refractivity contribution >= 4 is 5.57 Å². The first-order valence-electron chi connectivity index (χ1n) is 4.84. The lowest BCUT2D eigenvalue weighted by molar-refractivity contribution is -0.0686. The van der Waals surface area contributed by atoms with Crippen molar-refractivity contribution in [3.05, 3.63) is 36.4 Å². The van der Waals surface area contributed by atoms with Crippen molar-refractivity contribution in [3.63, 3.8) is 0 Å². The van der Waals surface area contributed by atoms with Crippen molar-refractivity contribution in [1.29, 1.82) is 0 Å². The van der Waals surface area contributed by atoms with Crippen LogP contribution in [-0.4, -0.2) is 12.3 Å². The van der Waals surface area contributed by atoms with E-state index in [1.165, 1.54) is 24.3 Å². The topological polar surface area (TPSA) is 9.23 Å². The number of alkyl halides is 3. The van der Waals surface area contributed by atoms with Crippen LogP contribution in [0, 0.1) is 0 Å². The Labute approximate surface area is 92.5 Å². The van der Waals surface area contributed by atoms with Gasteiger partial charge in [-0.1, -0.05) is 18.7 Å². The van der Waals surface area contributed by atoms with Gasteiger partial charge in [0.15, 0.2) is 0 Å². The highest BCUT2D eigenvalue weighted by Gasteiger charge is 2.32. The van der Waals surface area contributed by atoms with Crippen molar-refractivity contribution in [2.45, 2.75) is 26.1 Å². The smallest absolute Gasteiger partial charge is 0.416 e. The van der Waals surface area contributed by atoms with Crippen LogP contribution in [0.2, 0.25) is 0 Å². The fourth-order valence-corrected chi connectivity index (χ4v) is 1.17. The van der Waals surface area contributed by atoms with E-state index < -0.39 is 11.7 Å². The van der Waals surface area contributed by atoms with E-state index >= 15 is 0 Å². The molecule has 0 atom stereocenters. The van der Waals surface area contributed by atoms with Gasteiger partial charge in [0.1, 0.15) is 5.75 Å². The van der Waals surface area contributed by atoms with Gasteiger partial charge in [0, 0.05) is 0 Å². The number of rotatable bonds is 3. The highest BCUT2D eigenvalue weighted by atomic mass is 19.4. The molecule has 0 aliphatic rings. The molecule has 0 spiro atoms. The summed E-state index contributed by atoms with van der Waals surface area (Å²) >= 11 is 0. The summed E-state index contributed by atoms with van der Waals surface area (Å²) in [6.07, 6.45) is -4.39. The maximum absolute atomic E-state index is 12.3. The molecule has 4 heteroatoms. The van der Waals surface area contributed by atoms with Crippen molar-refractivity contribution < 1.29 is 17.9 Å². The third-order valence-corrected chi connectivity index (χ3v) is 1.92. The molecule has 0 aromatic heterocycles. The fourth-order valence-electron chi connectivity index (χ4n) is 1.17. The molecule has 0 fully saturated rings. The lowest BCUT2D eigenvalue weighted by atomic mass is 10.1. The molecule has 1 nitrogen and oxygen atoms in total. The van der Waals surface area contributed by atoms with Gasteiger partial charge in [0.25, 0.3) is 0 Å². The summed E-state index contributed by atoms with van der Waals surface area (Å²) in [5, 5.41) is 0. The lowest BCUT2D eigenvalue weighted by Gasteiger charge is -2.12. The molecule has 0 amide bonds. The molecule has 0 saturated heterocycles. The van der Waals surface area contributed by atoms with Gasteiger partial charge in [-0.05, 0) is 31.5 Å². The number of halogens is 3. The molecular formula is C12H13F3O. The van der Waals surface area contributed by atoms with Gasteiger partial charge < -0.3 is 4.74 Å². The second-order valence-corrected chi connectivity index (χ2v) is 3.67. The Kier molecular flexibility index (Phi) is 3.62. The van der Waals surface area contributed by atoms with Crippen LogP contribution >= 0.6 is 0 Å². The van der Waals surface area contributed by atoms with Crippen LogP contribution in [0.4, 0.5) is 13.2 Å². The Morgan fingerprint density at radius 3 is 2.06 bits per heavy atom. The van der Waals surface area contributed by atoms with Gasteiger partial charge >= 0.3 is 6.18 Å². The number of benzene rings is 1. The SMILES string of the molecule is C=C(c1ccc(OC(C)C)cc1)C(F)(F)F. The average Bonchev–Trinajstić information content (AvgIpc) is 2.15. The van der Waals surface area contributed by atoms with Crippen LogP contribution < -0.4 is 4.74 Å². The molecule has 0 heterocycles. The number of ether oxygens (including phenoxy) is 1. The van der Waals surface area contributed by atoms with E-state index in [2.05, 4.69) is 6.58 Å². The van der Waals surface area contributed by atoms with Crippen LogP contribution in [0.3, 0.4) is 0 Å². The molecule has 0 aliphatic heterocycles. The highest BCUT2D eigenvalue weighted by molar-refractivity contribution is 5.67. The summed E-state index contributed by atoms with van der Waals surface area (Å²) in [6, 6.07) is 5.72. The van der Waals surface area contributed by atoms with Crippen molar-refractivity contribution in [2.75, 3.05) is 0 Å². The number of hydrogen-bond donors (Lipinski definition) is 0. The summed E-state index contributed by atoms with van der Waals surface area (Å²) in [7, 11) is 0. The Morgan fingerprint density at radius 2 is 1.69 bits per heavy atom. The minimum atomic E-state index is -4.39. The van der Waals surface area contributed by atoms with E-state index in [0.717, 1.165) is 0 Å². The number of hydrogen-bond acceptors (Lipinski definition) is 1. The second kappa shape index (κ2) is 4.60. The van der Waals surface area contributed by atoms with Crippen LogP contribution in [0.25, 0.3) is 5.57 Å². The molecule has 1 aromatic rings. The molecular weight excluding hydrogens is 217 g/mol. The van der Waals surface area contributed by atoms with E-state index in [4.69, 9.17) is 4.74 Å². The third kappa shape index (κ3) is 3.29. The number of allylic oxidation sites excluding steroid dienone is 1. The second-order valence-electron chi connectivity index (χ2n) is 3.67. The molecule has 0 radical (unpaired) electrons. The highest BCUT2D eigenvalue weighted by Crippen LogP contribution is 2.32. The minimum Gasteiger partial charge on any atom is -0.491 e. The van der Waals surface area contributed by atoms with Gasteiger partial charge in [-0.3, -0.25) is 0 Å². The molecule has 1 rings (SSSR count). The van der Waals surface area contributed by atoms with Crippen molar-refractivity contribution in [3.8, 4) is 5.75 Å². The fraction of sp³-hybridized carbons (Fsp3) is 0.333. The maximum atomic E-state index is 12.3. The minimum absolute atomic E-state index is 0.00309. The molecule has 0 aliphatic carbocycles. The molecule has 88 valence electrons. The zero-order chi connectivity index (χ0) is 12.3. The van der Waals surface area contributed by atoms with E-state index in [9.17, 15) is 13.2 Å². The average molecular weight is 230 g/mol. The quantitative estimate of drug-likeness (QED) is 0.761. The first kappa shape index (κ1) is 12.6. The zero-order valence-electron chi connectivity index (χ0n) is 9.14. The summed E-state index contributed by atoms with van der Waals surface area (Å²) < 4.78 is 42.3. The van der Waals surface area contributed by atoms with Crippen molar-refractivity contribution in [2.24, 2.45) is 0 Å². The Morgan fingerprint density at radius 1 is 1.19 bits per heavy atom. The summed E-state index contributed by atoms with van der Waals surface area (Å²) in [5.41, 5.74) is -0.785. The van der Waals surface area contributed by atoms with Crippen LogP contribution in [-0.2, 0) is 0 Å². The third-order valence-electron chi connectivity index (χ3n) is 1.92. The normalized spacial score (nSPS) is 11.6. The lowest BCUT2D eigenvalue weighted by Crippen LogP contribution is -2.09. The largest absolute Gasteiger partial charge is 0.491 e. The summed E-state index contributed by atoms with van der Waals surface area (Å²) in [5.74, 6) is 0.550. The van der Waals surface area contributed by atoms with Gasteiger partial charge in [-0.25, -0.2) is 0 Å². The monoisotopic (exact) mass is 230 g/mol. The Bertz CT molecular complexity index is 363. The molecule has 0 saturated carbocycles. The first-order valence-corrected chi connectivity index (χ1v) is 4.84. The van der Waals surface area contributed by atoms with E-state index in [-0.39, 0.29) is 11.7 Å². The van der Waals surface area contributed by atoms with Gasteiger partial charge in [0.05, 0.1) is 11.7 Å². The van der Waals surface area contributed by atoms with Gasteiger partial charge in [-0.15, -0.1) is 0 Å². The van der Waals surface area contributed by atoms with Crippen molar-refractivity contribution in [1.82, 2.24) is 0 Å². The van der Waals surface area contributed by atoms with Gasteiger partial charge in [-0.2, -0.15) is 13.2 Å². The predicted octanol–water partition coefficient (Wildman–Crippen LogP) is 4.05. The van der Waals surface area contributed by atoms with E-state index in [1.807, 2.05) is 13.8 Å². The van der Waals surface area contributed by atoms with Gasteiger partial charge in [0.2, 0.25) is 0 Å². The molecule has 16 heavy (non-hydrogen) atoms. The van der Waals surface area contributed by atoms with Crippen LogP contribution in [0.1, 0.15) is 19.4 Å². The molecule has 0 unspecified atom stereocenters. The standard InChI is InChI=1S/C12H13F3O/c1-8(2)16-11-6-4-10(5-7-11)9(3)12(13,14)15/h4-8H,3H2,1-2H3. The molecule has 0 bridgehead atoms. The first-order chi connectivity index (χ1) is 7.30. The van der Waals surface area contributed by atoms with Crippen LogP contribution in [0.15, 0.2) is 30.8 Å². The predicted molar refractivity (Wildman–Crippen MR) is 57.3 cm³/mol. The van der Waals surface area contributed by atoms with E-state index in [0.29, 0.717) is 5.75 Å². The maximum Gasteiger partial charge on any atom is 0.416 e.